The summed E-state index contributed by atoms with van der Waals surface area (Å²) < 4.78 is 94.0. The van der Waals surface area contributed by atoms with Gasteiger partial charge in [-0.15, -0.1) is 0 Å². The van der Waals surface area contributed by atoms with Crippen molar-refractivity contribution in [3.63, 3.8) is 0 Å². The Balaban J connectivity index is 0.000000171. The third-order valence-corrected chi connectivity index (χ3v) is 24.5. The molecule has 4 saturated carbocycles. The van der Waals surface area contributed by atoms with Crippen LogP contribution < -0.4 is 86.8 Å². The fourth-order valence-corrected chi connectivity index (χ4v) is 18.6. The summed E-state index contributed by atoms with van der Waals surface area (Å²) in [4.78, 5) is 158. The molecule has 4 saturated heterocycles. The number of carboxylic acids is 1. The molecule has 8 aromatic rings. The van der Waals surface area contributed by atoms with Gasteiger partial charge < -0.3 is 137 Å². The largest absolute Gasteiger partial charge is 2.00 e. The average molecular weight is 1930 g/mol. The van der Waals surface area contributed by atoms with Crippen LogP contribution in [-0.4, -0.2) is 211 Å². The first-order valence-electron chi connectivity index (χ1n) is 40.4. The summed E-state index contributed by atoms with van der Waals surface area (Å²) in [6, 6.07) is 24.8. The third-order valence-electron chi connectivity index (χ3n) is 24.5. The van der Waals surface area contributed by atoms with Gasteiger partial charge in [0.1, 0.15) is 45.5 Å². The standard InChI is InChI=1S/C22H22FN3O5.2C21H20FN3O5.C15H16N2O6.C7H8FN.3CH4.2BrH.Mg/c1-30-20-18-22(29)26-13-6-7-14(8-13)31-17(26)11-25(18)10-15(19(20)27)21(28)24-9-12-4-2-3-5-16(12)23;2*22-15-4-2-1-3-11(15)8-23-20(28)14-9-24-10-16-25(12-5-6-13(7-12)30-16)21(29)17(24)19(27)18(14)26;1-22-13-11-14(19)17-7-2-3-8(4-7)23-10(17)6-16(11)5-9(12(13)18)15(20)21;8-7-4-2-1-3-6(7)5-9;;;;;;/h2-5,10,13-14,17H,6-9,11H2,1H3,(H,24,28);2*1-4,9,12-13,16,27H,5-8,10H2,(H,23,28);5,7-8,10H,2-4,6H2,1H3,(H,20,21);1-4H,5,9H2;3*1H4;2*1H;/q;;;;;;;;;;+2/p-2/t13-,14+,17+;2*12-,13+,16+;7-,8+,10+;;;;;;;/m1111......./s1. The molecule has 4 aromatic carbocycles. The molecule has 33 nitrogen and oxygen atoms in total. The molecule has 12 heterocycles. The minimum Gasteiger partial charge on any atom is -1.00 e. The number of aromatic hydroxyl groups is 2. The van der Waals surface area contributed by atoms with Gasteiger partial charge in [0.15, 0.2) is 70.7 Å². The molecule has 0 unspecified atom stereocenters. The number of amides is 7. The molecule has 129 heavy (non-hydrogen) atoms. The van der Waals surface area contributed by atoms with Crippen LogP contribution in [0.15, 0.2) is 141 Å². The predicted molar refractivity (Wildman–Crippen MR) is 449 cm³/mol. The second-order valence-corrected chi connectivity index (χ2v) is 31.7. The number of hydrogen-bond donors (Lipinski definition) is 7. The van der Waals surface area contributed by atoms with Crippen LogP contribution in [0.3, 0.4) is 0 Å². The number of nitrogens with zero attached hydrogens (tertiary/aromatic N) is 8. The number of nitrogens with two attached hydrogens (primary N) is 1. The molecule has 684 valence electrons. The van der Waals surface area contributed by atoms with Crippen LogP contribution in [0.1, 0.15) is 205 Å². The van der Waals surface area contributed by atoms with Crippen molar-refractivity contribution < 1.29 is 134 Å². The van der Waals surface area contributed by atoms with E-state index in [0.29, 0.717) is 24.2 Å². The number of carbonyl (C=O) groups is 8. The van der Waals surface area contributed by atoms with Gasteiger partial charge in [-0.3, -0.25) is 52.7 Å². The van der Waals surface area contributed by atoms with Crippen LogP contribution in [0.25, 0.3) is 0 Å². The molecule has 12 aliphatic rings. The molecule has 4 aromatic heterocycles. The van der Waals surface area contributed by atoms with Crippen molar-refractivity contribution >= 4 is 70.4 Å². The van der Waals surface area contributed by atoms with E-state index in [0.717, 1.165) is 77.0 Å². The molecule has 8 N–H and O–H groups in total. The Bertz CT molecular complexity index is 5730. The van der Waals surface area contributed by atoms with Crippen molar-refractivity contribution in [2.75, 3.05) is 14.2 Å². The van der Waals surface area contributed by atoms with E-state index in [1.54, 1.807) is 72.7 Å². The van der Waals surface area contributed by atoms with Gasteiger partial charge in [0.25, 0.3) is 41.4 Å². The van der Waals surface area contributed by atoms with Crippen LogP contribution >= 0.6 is 0 Å². The summed E-state index contributed by atoms with van der Waals surface area (Å²) in [6.45, 7) is 1.00. The molecule has 4 aliphatic carbocycles. The van der Waals surface area contributed by atoms with E-state index in [9.17, 15) is 90.4 Å². The molecule has 8 bridgehead atoms. The van der Waals surface area contributed by atoms with E-state index < -0.39 is 117 Å². The summed E-state index contributed by atoms with van der Waals surface area (Å²) >= 11 is 0. The van der Waals surface area contributed by atoms with E-state index >= 15 is 0 Å². The van der Waals surface area contributed by atoms with Crippen molar-refractivity contribution in [3.05, 3.63) is 253 Å². The fourth-order valence-electron chi connectivity index (χ4n) is 18.6. The molecular weight excluding hydrogens is 1830 g/mol. The monoisotopic (exact) mass is 1930 g/mol. The van der Waals surface area contributed by atoms with Crippen molar-refractivity contribution in [2.24, 2.45) is 5.73 Å². The third kappa shape index (κ3) is 19.4. The number of hydrogen-bond acceptors (Lipinski definition) is 21. The molecule has 0 spiro atoms. The fraction of sp³-hybridized carbons (Fsp3) is 0.416. The molecule has 12 atom stereocenters. The molecule has 40 heteroatoms. The number of benzene rings is 4. The number of nitrogens with one attached hydrogen (secondary N) is 3. The molecule has 8 aliphatic heterocycles. The van der Waals surface area contributed by atoms with Gasteiger partial charge in [-0.05, 0) is 101 Å². The molecular formula is C89H98Br2F4MgN12O21. The topological polar surface area (TPSA) is 416 Å². The Morgan fingerprint density at radius 3 is 0.907 bits per heavy atom. The number of rotatable bonds is 13. The zero-order valence-electron chi connectivity index (χ0n) is 67.9. The van der Waals surface area contributed by atoms with Crippen LogP contribution in [0, 0.1) is 23.3 Å². The Kier molecular flexibility index (Phi) is 32.4. The van der Waals surface area contributed by atoms with E-state index in [-0.39, 0.29) is 247 Å². The number of ether oxygens (including phenoxy) is 6. The van der Waals surface area contributed by atoms with E-state index in [2.05, 4.69) is 16.0 Å². The number of aromatic nitrogens is 4. The van der Waals surface area contributed by atoms with Crippen LogP contribution in [-0.2, 0) is 71.3 Å². The number of methoxy groups -OCH3 is 2. The van der Waals surface area contributed by atoms with Gasteiger partial charge in [-0.2, -0.15) is 0 Å². The van der Waals surface area contributed by atoms with Crippen LogP contribution in [0.5, 0.6) is 23.0 Å². The number of carboxylic acid groups (broad SMARTS) is 1. The van der Waals surface area contributed by atoms with Crippen LogP contribution in [0.4, 0.5) is 17.6 Å². The number of aromatic carboxylic acids is 1. The summed E-state index contributed by atoms with van der Waals surface area (Å²) in [7, 11) is 2.57. The summed E-state index contributed by atoms with van der Waals surface area (Å²) in [5.41, 5.74) is 2.08. The number of halogens is 6. The minimum absolute atomic E-state index is 0. The summed E-state index contributed by atoms with van der Waals surface area (Å²) in [6.07, 6.45) is 13.8. The second kappa shape index (κ2) is 41.8. The molecule has 8 fully saturated rings. The quantitative estimate of drug-likeness (QED) is 0.0635. The zero-order chi connectivity index (χ0) is 86.7. The van der Waals surface area contributed by atoms with Crippen molar-refractivity contribution in [1.29, 1.82) is 0 Å². The minimum atomic E-state index is -1.34. The maximum absolute atomic E-state index is 13.8. The number of fused-ring (bicyclic) bond motifs is 20. The van der Waals surface area contributed by atoms with Crippen molar-refractivity contribution in [2.45, 2.75) is 225 Å². The first-order valence-corrected chi connectivity index (χ1v) is 40.4. The number of carbonyl (C=O) groups excluding carboxylic acids is 7. The maximum atomic E-state index is 13.8. The van der Waals surface area contributed by atoms with Gasteiger partial charge in [-0.25, -0.2) is 22.4 Å². The van der Waals surface area contributed by atoms with E-state index in [4.69, 9.17) is 34.2 Å². The molecule has 20 rings (SSSR count). The smallest absolute Gasteiger partial charge is 1.00 e. The van der Waals surface area contributed by atoms with E-state index in [1.807, 2.05) is 0 Å². The van der Waals surface area contributed by atoms with Crippen LogP contribution in [0.2, 0.25) is 0 Å². The van der Waals surface area contributed by atoms with Crippen molar-refractivity contribution in [3.8, 4) is 23.0 Å². The van der Waals surface area contributed by atoms with Gasteiger partial charge >= 0.3 is 29.0 Å². The first-order chi connectivity index (χ1) is 59.2. The average Bonchev–Trinajstić information content (AvgIpc) is 1.74. The summed E-state index contributed by atoms with van der Waals surface area (Å²) in [5, 5.41) is 37.7. The molecule has 0 radical (unpaired) electrons. The number of pyridine rings is 4. The van der Waals surface area contributed by atoms with Gasteiger partial charge in [-0.1, -0.05) is 95.1 Å². The van der Waals surface area contributed by atoms with Crippen molar-refractivity contribution in [1.82, 2.24) is 53.8 Å². The van der Waals surface area contributed by atoms with Gasteiger partial charge in [0.2, 0.25) is 21.7 Å². The van der Waals surface area contributed by atoms with Gasteiger partial charge in [0, 0.05) is 97.4 Å². The summed E-state index contributed by atoms with van der Waals surface area (Å²) in [5.74, 6) is -8.62. The Labute approximate surface area is 774 Å². The zero-order valence-corrected chi connectivity index (χ0v) is 72.5. The normalized spacial score (nSPS) is 22.8. The Morgan fingerprint density at radius 1 is 0.395 bits per heavy atom. The Morgan fingerprint density at radius 2 is 0.643 bits per heavy atom. The van der Waals surface area contributed by atoms with E-state index in [1.165, 1.54) is 101 Å². The Hall–Kier alpha value is -11.1. The molecule has 7 amide bonds. The predicted octanol–water partition coefficient (Wildman–Crippen LogP) is 1.48. The maximum Gasteiger partial charge on any atom is 2.00 e. The second-order valence-electron chi connectivity index (χ2n) is 31.7. The van der Waals surface area contributed by atoms with Gasteiger partial charge in [0.05, 0.1) is 64.8 Å². The SMILES string of the molecule is C.C.C.COc1c2n(cc(C(=O)NCc3ccccc3F)c1=O)C[C@@H]1O[C@H]3CC[C@H](C3)N1C2=O.COc1c2n(cc(C(=O)O)c1=O)C[C@@H]1O[C@H]3CC[C@H](C3)N1C2=O.NCc1ccccc1F.O=C(NCc1ccccc1F)c1cn2c(c(O)c1=O)C(=O)N1[C@@H]3CC[C@@H](C3)O[C@H]1C2.O=C(NCc1ccccc1F)c1cn2c(c(O)c1=O)C(=O)N1[C@@H]3CC[C@@H](C3)O[C@H]1C2.[Br-].[Br-].[Mg+2]. The first kappa shape index (κ1) is 100.